The van der Waals surface area contributed by atoms with Crippen molar-refractivity contribution < 1.29 is 37.8 Å². The van der Waals surface area contributed by atoms with E-state index in [1.807, 2.05) is 35.2 Å². The molecule has 2 fully saturated rings. The smallest absolute Gasteiger partial charge is 0.407 e. The predicted octanol–water partition coefficient (Wildman–Crippen LogP) is 2.56. The fraction of sp³-hybridized carbons (Fsp3) is 0.536. The highest BCUT2D eigenvalue weighted by molar-refractivity contribution is 7.54. The molecule has 0 bridgehead atoms. The zero-order valence-corrected chi connectivity index (χ0v) is 25.6. The third kappa shape index (κ3) is 8.29. The van der Waals surface area contributed by atoms with E-state index in [9.17, 15) is 24.1 Å². The van der Waals surface area contributed by atoms with E-state index in [1.54, 1.807) is 27.0 Å². The number of carbonyl (C=O) groups is 3. The van der Waals surface area contributed by atoms with Gasteiger partial charge in [0.1, 0.15) is 17.6 Å². The Bertz CT molecular complexity index is 1310. The maximum Gasteiger partial charge on any atom is 0.407 e. The molecule has 15 heteroatoms. The molecule has 14 nitrogen and oxygen atoms in total. The number of hydrogen-bond acceptors (Lipinski definition) is 10. The van der Waals surface area contributed by atoms with E-state index in [1.165, 1.54) is 9.80 Å². The zero-order valence-electron chi connectivity index (χ0n) is 24.7. The van der Waals surface area contributed by atoms with Gasteiger partial charge >= 0.3 is 13.7 Å². The topological polar surface area (TPSA) is 164 Å². The lowest BCUT2D eigenvalue weighted by molar-refractivity contribution is -0.134. The lowest BCUT2D eigenvalue weighted by Crippen LogP contribution is -2.56. The number of benzene rings is 1. The van der Waals surface area contributed by atoms with Crippen LogP contribution in [0, 0.1) is 0 Å². The standard InChI is InChI=1S/C28H39N6O8P/c1-4-41-43(39,42-5-2)19-23(27(36)32-13-15-33(16-14-32)28(37)38)30-26(35)22-17-24(34-12-11-21(18-34)40-3)31-25(29-22)20-9-7-6-8-10-20/h6-10,17,21,23H,4-5,11-16,18-19H2,1-3H3,(H,30,35)(H,37,38)/t21-,23-/m0/s1. The minimum absolute atomic E-state index is 0.0286. The lowest BCUT2D eigenvalue weighted by Gasteiger charge is -2.35. The molecule has 0 saturated carbocycles. The van der Waals surface area contributed by atoms with Gasteiger partial charge in [-0.2, -0.15) is 0 Å². The van der Waals surface area contributed by atoms with Crippen molar-refractivity contribution in [2.24, 2.45) is 0 Å². The first-order valence-corrected chi connectivity index (χ1v) is 16.1. The summed E-state index contributed by atoms with van der Waals surface area (Å²) in [5.41, 5.74) is 0.739. The molecular weight excluding hydrogens is 579 g/mol. The molecule has 43 heavy (non-hydrogen) atoms. The van der Waals surface area contributed by atoms with E-state index in [0.717, 1.165) is 6.42 Å². The Balaban J connectivity index is 1.64. The highest BCUT2D eigenvalue weighted by Crippen LogP contribution is 2.48. The van der Waals surface area contributed by atoms with Crippen molar-refractivity contribution in [1.29, 1.82) is 0 Å². The second-order valence-electron chi connectivity index (χ2n) is 10.1. The van der Waals surface area contributed by atoms with Crippen LogP contribution in [0.25, 0.3) is 11.4 Å². The van der Waals surface area contributed by atoms with Crippen LogP contribution in [-0.4, -0.2) is 121 Å². The molecule has 2 saturated heterocycles. The fourth-order valence-electron chi connectivity index (χ4n) is 5.07. The van der Waals surface area contributed by atoms with Crippen molar-refractivity contribution >= 4 is 31.3 Å². The number of methoxy groups -OCH3 is 1. The number of hydrogen-bond donors (Lipinski definition) is 2. The lowest BCUT2D eigenvalue weighted by atomic mass is 10.2. The molecule has 0 spiro atoms. The van der Waals surface area contributed by atoms with Gasteiger partial charge in [-0.3, -0.25) is 14.2 Å². The quantitative estimate of drug-likeness (QED) is 0.336. The van der Waals surface area contributed by atoms with Crippen molar-refractivity contribution in [1.82, 2.24) is 25.1 Å². The molecule has 2 aliphatic heterocycles. The van der Waals surface area contributed by atoms with Gasteiger partial charge in [-0.15, -0.1) is 0 Å². The number of piperazine rings is 1. The van der Waals surface area contributed by atoms with Gasteiger partial charge in [-0.05, 0) is 20.3 Å². The minimum atomic E-state index is -3.77. The van der Waals surface area contributed by atoms with Crippen LogP contribution in [0.4, 0.5) is 10.6 Å². The first-order chi connectivity index (χ1) is 20.7. The number of nitrogens with zero attached hydrogens (tertiary/aromatic N) is 5. The maximum atomic E-state index is 13.8. The summed E-state index contributed by atoms with van der Waals surface area (Å²) in [6.45, 7) is 5.23. The SMILES string of the molecule is CCOP(=O)(C[C@H](NC(=O)c1cc(N2CC[C@H](OC)C2)nc(-c2ccccc2)n1)C(=O)N1CCN(C(=O)O)CC1)OCC. The van der Waals surface area contributed by atoms with Crippen LogP contribution in [0.5, 0.6) is 0 Å². The monoisotopic (exact) mass is 618 g/mol. The van der Waals surface area contributed by atoms with Crippen LogP contribution in [0.2, 0.25) is 0 Å². The highest BCUT2D eigenvalue weighted by Gasteiger charge is 2.37. The molecular formula is C28H39N6O8P. The zero-order chi connectivity index (χ0) is 31.0. The molecule has 3 heterocycles. The third-order valence-corrected chi connectivity index (χ3v) is 9.42. The largest absolute Gasteiger partial charge is 0.465 e. The number of carboxylic acid groups (broad SMARTS) is 1. The fourth-order valence-corrected chi connectivity index (χ4v) is 6.84. The number of ether oxygens (including phenoxy) is 1. The Morgan fingerprint density at radius 3 is 2.26 bits per heavy atom. The molecule has 2 atom stereocenters. The molecule has 3 amide bonds. The molecule has 0 radical (unpaired) electrons. The van der Waals surface area contributed by atoms with Crippen molar-refractivity contribution in [2.75, 3.05) is 70.7 Å². The van der Waals surface area contributed by atoms with Gasteiger partial charge in [-0.1, -0.05) is 30.3 Å². The molecule has 2 aliphatic rings. The van der Waals surface area contributed by atoms with Crippen LogP contribution in [0.15, 0.2) is 36.4 Å². The van der Waals surface area contributed by atoms with Crippen LogP contribution < -0.4 is 10.2 Å². The summed E-state index contributed by atoms with van der Waals surface area (Å²) >= 11 is 0. The van der Waals surface area contributed by atoms with E-state index in [0.29, 0.717) is 30.3 Å². The predicted molar refractivity (Wildman–Crippen MR) is 158 cm³/mol. The Kier molecular flexibility index (Phi) is 11.1. The third-order valence-electron chi connectivity index (χ3n) is 7.30. The average Bonchev–Trinajstić information content (AvgIpc) is 3.50. The minimum Gasteiger partial charge on any atom is -0.465 e. The van der Waals surface area contributed by atoms with Gasteiger partial charge < -0.3 is 38.9 Å². The molecule has 2 aromatic rings. The summed E-state index contributed by atoms with van der Waals surface area (Å²) in [4.78, 5) is 52.8. The van der Waals surface area contributed by atoms with Gasteiger partial charge in [0.2, 0.25) is 5.91 Å². The summed E-state index contributed by atoms with van der Waals surface area (Å²) in [6.07, 6.45) is -0.637. The van der Waals surface area contributed by atoms with Gasteiger partial charge in [0.15, 0.2) is 5.82 Å². The van der Waals surface area contributed by atoms with E-state index in [4.69, 9.17) is 18.8 Å². The van der Waals surface area contributed by atoms with Crippen molar-refractivity contribution in [3.05, 3.63) is 42.1 Å². The molecule has 1 aromatic carbocycles. The van der Waals surface area contributed by atoms with Crippen molar-refractivity contribution in [3.8, 4) is 11.4 Å². The van der Waals surface area contributed by atoms with Crippen LogP contribution >= 0.6 is 7.60 Å². The van der Waals surface area contributed by atoms with Crippen LogP contribution in [0.1, 0.15) is 30.8 Å². The summed E-state index contributed by atoms with van der Waals surface area (Å²) in [7, 11) is -2.12. The summed E-state index contributed by atoms with van der Waals surface area (Å²) in [5.74, 6) is -0.296. The average molecular weight is 619 g/mol. The van der Waals surface area contributed by atoms with Gasteiger partial charge in [0, 0.05) is 58.0 Å². The Morgan fingerprint density at radius 1 is 1.02 bits per heavy atom. The summed E-state index contributed by atoms with van der Waals surface area (Å²) in [6, 6.07) is 9.53. The number of amides is 3. The number of rotatable bonds is 12. The number of aromatic nitrogens is 2. The highest BCUT2D eigenvalue weighted by atomic mass is 31.2. The van der Waals surface area contributed by atoms with Crippen molar-refractivity contribution in [2.45, 2.75) is 32.4 Å². The van der Waals surface area contributed by atoms with E-state index < -0.39 is 37.7 Å². The number of anilines is 1. The molecule has 0 unspecified atom stereocenters. The number of carbonyl (C=O) groups excluding carboxylic acids is 2. The summed E-state index contributed by atoms with van der Waals surface area (Å²) < 4.78 is 29.9. The second kappa shape index (κ2) is 14.7. The maximum absolute atomic E-state index is 13.8. The Morgan fingerprint density at radius 2 is 1.67 bits per heavy atom. The molecule has 0 aliphatic carbocycles. The van der Waals surface area contributed by atoms with E-state index in [2.05, 4.69) is 10.3 Å². The van der Waals surface area contributed by atoms with Crippen LogP contribution in [-0.2, 0) is 23.1 Å². The number of nitrogens with one attached hydrogen (secondary N) is 1. The van der Waals surface area contributed by atoms with E-state index in [-0.39, 0.29) is 51.2 Å². The van der Waals surface area contributed by atoms with Gasteiger partial charge in [-0.25, -0.2) is 14.8 Å². The second-order valence-corrected chi connectivity index (χ2v) is 12.2. The first-order valence-electron chi connectivity index (χ1n) is 14.3. The molecule has 4 rings (SSSR count). The van der Waals surface area contributed by atoms with Crippen molar-refractivity contribution in [3.63, 3.8) is 0 Å². The van der Waals surface area contributed by atoms with Crippen LogP contribution in [0.3, 0.4) is 0 Å². The summed E-state index contributed by atoms with van der Waals surface area (Å²) in [5, 5.41) is 12.0. The normalized spacial score (nSPS) is 18.0. The van der Waals surface area contributed by atoms with Gasteiger partial charge in [0.25, 0.3) is 5.91 Å². The Labute approximate surface area is 250 Å². The molecule has 1 aromatic heterocycles. The first kappa shape index (κ1) is 32.3. The molecule has 2 N–H and O–H groups in total. The molecule has 234 valence electrons. The Hall–Kier alpha value is -3.58. The van der Waals surface area contributed by atoms with Gasteiger partial charge in [0.05, 0.1) is 25.5 Å². The van der Waals surface area contributed by atoms with E-state index >= 15 is 0 Å².